The molecule has 0 aliphatic carbocycles. The highest BCUT2D eigenvalue weighted by Crippen LogP contribution is 2.34. The Labute approximate surface area is 133 Å². The second-order valence-electron chi connectivity index (χ2n) is 6.24. The van der Waals surface area contributed by atoms with Crippen LogP contribution in [0.1, 0.15) is 43.0 Å². The smallest absolute Gasteiger partial charge is 0.286 e. The Hall–Kier alpha value is -2.22. The van der Waals surface area contributed by atoms with Gasteiger partial charge in [0, 0.05) is 24.7 Å². The fraction of sp³-hybridized carbons (Fsp3) is 0.600. The van der Waals surface area contributed by atoms with Crippen LogP contribution >= 0.6 is 0 Å². The summed E-state index contributed by atoms with van der Waals surface area (Å²) in [6.07, 6.45) is 6.19. The SMILES string of the molecule is CCC[C@]1(CO)CCCN(C(=O)c2cnc3nc[nH]n3c2=O)C1. The number of amides is 1. The average Bonchev–Trinajstić information content (AvgIpc) is 3.05. The van der Waals surface area contributed by atoms with Crippen molar-refractivity contribution in [1.29, 1.82) is 0 Å². The molecular formula is C15H21N5O3. The van der Waals surface area contributed by atoms with E-state index in [1.54, 1.807) is 4.90 Å². The van der Waals surface area contributed by atoms with E-state index in [9.17, 15) is 14.7 Å². The van der Waals surface area contributed by atoms with Crippen molar-refractivity contribution >= 4 is 11.7 Å². The number of carbonyl (C=O) groups excluding carboxylic acids is 1. The Morgan fingerprint density at radius 1 is 1.48 bits per heavy atom. The molecule has 1 amide bonds. The van der Waals surface area contributed by atoms with Crippen molar-refractivity contribution < 1.29 is 9.90 Å². The molecule has 1 fully saturated rings. The number of aromatic amines is 1. The molecule has 23 heavy (non-hydrogen) atoms. The lowest BCUT2D eigenvalue weighted by Crippen LogP contribution is -2.49. The zero-order valence-corrected chi connectivity index (χ0v) is 13.2. The molecule has 1 aliphatic heterocycles. The largest absolute Gasteiger partial charge is 0.396 e. The summed E-state index contributed by atoms with van der Waals surface area (Å²) in [6, 6.07) is 0. The van der Waals surface area contributed by atoms with Gasteiger partial charge in [0.05, 0.1) is 6.61 Å². The van der Waals surface area contributed by atoms with Gasteiger partial charge in [-0.3, -0.25) is 14.7 Å². The Bertz CT molecular complexity index is 764. The van der Waals surface area contributed by atoms with Gasteiger partial charge in [-0.15, -0.1) is 0 Å². The highest BCUT2D eigenvalue weighted by molar-refractivity contribution is 5.93. The number of likely N-dealkylation sites (tertiary alicyclic amines) is 1. The molecule has 2 aromatic heterocycles. The molecule has 124 valence electrons. The van der Waals surface area contributed by atoms with Crippen LogP contribution < -0.4 is 5.56 Å². The molecule has 0 radical (unpaired) electrons. The molecular weight excluding hydrogens is 298 g/mol. The van der Waals surface area contributed by atoms with Gasteiger partial charge in [-0.1, -0.05) is 13.3 Å². The Morgan fingerprint density at radius 3 is 3.04 bits per heavy atom. The molecule has 3 heterocycles. The summed E-state index contributed by atoms with van der Waals surface area (Å²) in [6.45, 7) is 3.19. The number of hydrogen-bond donors (Lipinski definition) is 2. The third-order valence-corrected chi connectivity index (χ3v) is 4.60. The third-order valence-electron chi connectivity index (χ3n) is 4.60. The van der Waals surface area contributed by atoms with Crippen molar-refractivity contribution in [2.75, 3.05) is 19.7 Å². The molecule has 0 bridgehead atoms. The summed E-state index contributed by atoms with van der Waals surface area (Å²) in [7, 11) is 0. The van der Waals surface area contributed by atoms with E-state index in [2.05, 4.69) is 22.0 Å². The maximum absolute atomic E-state index is 12.8. The van der Waals surface area contributed by atoms with Crippen molar-refractivity contribution in [3.05, 3.63) is 28.4 Å². The minimum atomic E-state index is -0.451. The van der Waals surface area contributed by atoms with Gasteiger partial charge in [-0.05, 0) is 19.3 Å². The first-order chi connectivity index (χ1) is 11.1. The molecule has 1 aliphatic rings. The third kappa shape index (κ3) is 2.74. The Morgan fingerprint density at radius 2 is 2.30 bits per heavy atom. The van der Waals surface area contributed by atoms with Gasteiger partial charge in [0.15, 0.2) is 0 Å². The predicted molar refractivity (Wildman–Crippen MR) is 83.2 cm³/mol. The van der Waals surface area contributed by atoms with Crippen LogP contribution in [0, 0.1) is 5.41 Å². The fourth-order valence-electron chi connectivity index (χ4n) is 3.44. The monoisotopic (exact) mass is 319 g/mol. The van der Waals surface area contributed by atoms with Crippen molar-refractivity contribution in [3.8, 4) is 0 Å². The molecule has 8 heteroatoms. The minimum Gasteiger partial charge on any atom is -0.396 e. The molecule has 2 N–H and O–H groups in total. The van der Waals surface area contributed by atoms with E-state index in [1.807, 2.05) is 0 Å². The van der Waals surface area contributed by atoms with E-state index in [0.717, 1.165) is 30.2 Å². The van der Waals surface area contributed by atoms with E-state index >= 15 is 0 Å². The lowest BCUT2D eigenvalue weighted by Gasteiger charge is -2.41. The summed E-state index contributed by atoms with van der Waals surface area (Å²) in [5.41, 5.74) is -0.685. The number of carbonyl (C=O) groups is 1. The van der Waals surface area contributed by atoms with Crippen LogP contribution in [0.4, 0.5) is 0 Å². The maximum atomic E-state index is 12.8. The molecule has 0 saturated carbocycles. The quantitative estimate of drug-likeness (QED) is 0.850. The number of aliphatic hydroxyl groups excluding tert-OH is 1. The number of nitrogens with one attached hydrogen (secondary N) is 1. The van der Waals surface area contributed by atoms with E-state index in [1.165, 1.54) is 12.5 Å². The summed E-state index contributed by atoms with van der Waals surface area (Å²) < 4.78 is 1.16. The normalized spacial score (nSPS) is 21.7. The highest BCUT2D eigenvalue weighted by atomic mass is 16.3. The van der Waals surface area contributed by atoms with Gasteiger partial charge < -0.3 is 10.0 Å². The number of fused-ring (bicyclic) bond motifs is 1. The van der Waals surface area contributed by atoms with E-state index in [4.69, 9.17) is 0 Å². The van der Waals surface area contributed by atoms with Gasteiger partial charge in [-0.25, -0.2) is 9.97 Å². The first kappa shape index (κ1) is 15.7. The van der Waals surface area contributed by atoms with Crippen LogP contribution in [0.5, 0.6) is 0 Å². The number of aromatic nitrogens is 4. The van der Waals surface area contributed by atoms with Crippen LogP contribution in [0.3, 0.4) is 0 Å². The summed E-state index contributed by atoms with van der Waals surface area (Å²) in [4.78, 5) is 34.7. The molecule has 2 aromatic rings. The van der Waals surface area contributed by atoms with Crippen LogP contribution in [0.2, 0.25) is 0 Å². The maximum Gasteiger partial charge on any atom is 0.286 e. The zero-order chi connectivity index (χ0) is 16.4. The Kier molecular flexibility index (Phi) is 4.16. The molecule has 0 aromatic carbocycles. The molecule has 1 atom stereocenters. The van der Waals surface area contributed by atoms with Gasteiger partial charge in [0.2, 0.25) is 0 Å². The lowest BCUT2D eigenvalue weighted by atomic mass is 9.77. The number of rotatable bonds is 4. The second-order valence-corrected chi connectivity index (χ2v) is 6.24. The number of H-pyrrole nitrogens is 1. The van der Waals surface area contributed by atoms with Crippen molar-refractivity contribution in [1.82, 2.24) is 24.5 Å². The van der Waals surface area contributed by atoms with Crippen LogP contribution in [-0.2, 0) is 0 Å². The van der Waals surface area contributed by atoms with E-state index < -0.39 is 5.56 Å². The fourth-order valence-corrected chi connectivity index (χ4v) is 3.44. The topological polar surface area (TPSA) is 104 Å². The van der Waals surface area contributed by atoms with Crippen molar-refractivity contribution in [3.63, 3.8) is 0 Å². The molecule has 0 unspecified atom stereocenters. The van der Waals surface area contributed by atoms with Gasteiger partial charge in [-0.2, -0.15) is 4.52 Å². The highest BCUT2D eigenvalue weighted by Gasteiger charge is 2.36. The van der Waals surface area contributed by atoms with Crippen LogP contribution in [0.15, 0.2) is 17.3 Å². The lowest BCUT2D eigenvalue weighted by molar-refractivity contribution is 0.0221. The van der Waals surface area contributed by atoms with Crippen molar-refractivity contribution in [2.24, 2.45) is 5.41 Å². The van der Waals surface area contributed by atoms with E-state index in [-0.39, 0.29) is 29.3 Å². The predicted octanol–water partition coefficient (Wildman–Crippen LogP) is 0.432. The van der Waals surface area contributed by atoms with Crippen LogP contribution in [-0.4, -0.2) is 55.2 Å². The first-order valence-corrected chi connectivity index (χ1v) is 7.91. The van der Waals surface area contributed by atoms with Crippen molar-refractivity contribution in [2.45, 2.75) is 32.6 Å². The summed E-state index contributed by atoms with van der Waals surface area (Å²) in [5, 5.41) is 12.4. The average molecular weight is 319 g/mol. The van der Waals surface area contributed by atoms with Gasteiger partial charge in [0.1, 0.15) is 11.9 Å². The van der Waals surface area contributed by atoms with Gasteiger partial charge >= 0.3 is 0 Å². The molecule has 3 rings (SSSR count). The Balaban J connectivity index is 1.89. The minimum absolute atomic E-state index is 0.0250. The molecule has 1 saturated heterocycles. The first-order valence-electron chi connectivity index (χ1n) is 7.91. The summed E-state index contributed by atoms with van der Waals surface area (Å²) >= 11 is 0. The number of hydrogen-bond acceptors (Lipinski definition) is 5. The van der Waals surface area contributed by atoms with Crippen LogP contribution in [0.25, 0.3) is 5.78 Å². The molecule has 0 spiro atoms. The standard InChI is InChI=1S/C15H21N5O3/c1-2-4-15(9-21)5-3-6-19(8-15)12(22)11-7-16-14-17-10-18-20(14)13(11)23/h7,10,21H,2-6,8-9H2,1H3,(H,16,17,18)/t15-/m0/s1. The summed E-state index contributed by atoms with van der Waals surface area (Å²) in [5.74, 6) is -0.0963. The number of piperidine rings is 1. The van der Waals surface area contributed by atoms with Gasteiger partial charge in [0.25, 0.3) is 17.2 Å². The second kappa shape index (κ2) is 6.11. The molecule has 8 nitrogen and oxygen atoms in total. The van der Waals surface area contributed by atoms with E-state index in [0.29, 0.717) is 13.1 Å². The number of nitrogens with zero attached hydrogens (tertiary/aromatic N) is 4. The number of aliphatic hydroxyl groups is 1. The zero-order valence-electron chi connectivity index (χ0n) is 13.2.